The van der Waals surface area contributed by atoms with Crippen LogP contribution in [0.25, 0.3) is 11.1 Å². The average molecular weight is 274 g/mol. The second-order valence-corrected chi connectivity index (χ2v) is 5.21. The summed E-state index contributed by atoms with van der Waals surface area (Å²) in [5.74, 6) is 0. The van der Waals surface area contributed by atoms with Gasteiger partial charge in [0.25, 0.3) is 0 Å². The Balaban J connectivity index is 2.32. The molecule has 2 rings (SSSR count). The number of hydrogen-bond donors (Lipinski definition) is 1. The second kappa shape index (κ2) is 6.74. The first-order valence-corrected chi connectivity index (χ1v) is 7.18. The van der Waals surface area contributed by atoms with Gasteiger partial charge >= 0.3 is 0 Å². The van der Waals surface area contributed by atoms with Crippen molar-refractivity contribution >= 4 is 11.6 Å². The first-order chi connectivity index (χ1) is 9.22. The molecule has 0 fully saturated rings. The molecule has 2 aromatic carbocycles. The quantitative estimate of drug-likeness (QED) is 0.802. The minimum atomic E-state index is 0.354. The van der Waals surface area contributed by atoms with E-state index >= 15 is 0 Å². The maximum absolute atomic E-state index is 5.96. The zero-order chi connectivity index (χ0) is 13.7. The molecule has 19 heavy (non-hydrogen) atoms. The van der Waals surface area contributed by atoms with Gasteiger partial charge in [-0.25, -0.2) is 0 Å². The fourth-order valence-electron chi connectivity index (χ4n) is 2.24. The summed E-state index contributed by atoms with van der Waals surface area (Å²) in [5, 5.41) is 4.32. The van der Waals surface area contributed by atoms with Gasteiger partial charge in [-0.2, -0.15) is 0 Å². The number of hydrogen-bond acceptors (Lipinski definition) is 1. The van der Waals surface area contributed by atoms with Crippen LogP contribution in [0.3, 0.4) is 0 Å². The van der Waals surface area contributed by atoms with Crippen LogP contribution in [0.2, 0.25) is 5.02 Å². The summed E-state index contributed by atoms with van der Waals surface area (Å²) in [6, 6.07) is 16.9. The zero-order valence-corrected chi connectivity index (χ0v) is 12.2. The average Bonchev–Trinajstić information content (AvgIpc) is 2.45. The molecule has 1 N–H and O–H groups in total. The van der Waals surface area contributed by atoms with Gasteiger partial charge in [0, 0.05) is 11.1 Å². The van der Waals surface area contributed by atoms with Gasteiger partial charge in [0.1, 0.15) is 0 Å². The predicted octanol–water partition coefficient (Wildman–Crippen LogP) is 5.07. The SMILES string of the molecule is CCCNC(C)c1ccccc1-c1ccc(Cl)cc1. The molecule has 2 heteroatoms. The lowest BCUT2D eigenvalue weighted by atomic mass is 9.95. The van der Waals surface area contributed by atoms with Crippen molar-refractivity contribution in [2.24, 2.45) is 0 Å². The molecule has 1 nitrogen and oxygen atoms in total. The van der Waals surface area contributed by atoms with Crippen molar-refractivity contribution in [2.45, 2.75) is 26.3 Å². The number of rotatable bonds is 5. The molecule has 0 radical (unpaired) electrons. The van der Waals surface area contributed by atoms with E-state index in [-0.39, 0.29) is 0 Å². The number of halogens is 1. The Kier molecular flexibility index (Phi) is 5.00. The van der Waals surface area contributed by atoms with Crippen LogP contribution in [-0.2, 0) is 0 Å². The van der Waals surface area contributed by atoms with E-state index in [0.29, 0.717) is 6.04 Å². The van der Waals surface area contributed by atoms with Gasteiger partial charge in [-0.15, -0.1) is 0 Å². The van der Waals surface area contributed by atoms with Crippen LogP contribution in [-0.4, -0.2) is 6.54 Å². The van der Waals surface area contributed by atoms with Crippen molar-refractivity contribution in [3.63, 3.8) is 0 Å². The summed E-state index contributed by atoms with van der Waals surface area (Å²) >= 11 is 5.96. The number of nitrogens with one attached hydrogen (secondary N) is 1. The fraction of sp³-hybridized carbons (Fsp3) is 0.294. The normalized spacial score (nSPS) is 12.4. The Labute approximate surface area is 120 Å². The van der Waals surface area contributed by atoms with E-state index in [0.717, 1.165) is 18.0 Å². The van der Waals surface area contributed by atoms with Gasteiger partial charge in [-0.1, -0.05) is 54.9 Å². The summed E-state index contributed by atoms with van der Waals surface area (Å²) < 4.78 is 0. The van der Waals surface area contributed by atoms with Gasteiger partial charge in [-0.05, 0) is 48.7 Å². The highest BCUT2D eigenvalue weighted by atomic mass is 35.5. The minimum absolute atomic E-state index is 0.354. The molecule has 0 spiro atoms. The van der Waals surface area contributed by atoms with Gasteiger partial charge in [0.15, 0.2) is 0 Å². The molecular weight excluding hydrogens is 254 g/mol. The molecule has 2 aromatic rings. The van der Waals surface area contributed by atoms with E-state index < -0.39 is 0 Å². The van der Waals surface area contributed by atoms with Crippen molar-refractivity contribution in [3.05, 3.63) is 59.1 Å². The maximum atomic E-state index is 5.96. The monoisotopic (exact) mass is 273 g/mol. The molecule has 100 valence electrons. The fourth-order valence-corrected chi connectivity index (χ4v) is 2.36. The van der Waals surface area contributed by atoms with Crippen LogP contribution in [0.15, 0.2) is 48.5 Å². The summed E-state index contributed by atoms with van der Waals surface area (Å²) in [6.07, 6.45) is 1.15. The Morgan fingerprint density at radius 2 is 1.74 bits per heavy atom. The van der Waals surface area contributed by atoms with Crippen molar-refractivity contribution < 1.29 is 0 Å². The standard InChI is InChI=1S/C17H20ClN/c1-3-12-19-13(2)16-6-4-5-7-17(16)14-8-10-15(18)11-9-14/h4-11,13,19H,3,12H2,1-2H3. The van der Waals surface area contributed by atoms with Crippen LogP contribution in [0.1, 0.15) is 31.9 Å². The third-order valence-corrected chi connectivity index (χ3v) is 3.54. The minimum Gasteiger partial charge on any atom is -0.310 e. The van der Waals surface area contributed by atoms with E-state index in [4.69, 9.17) is 11.6 Å². The molecule has 0 amide bonds. The summed E-state index contributed by atoms with van der Waals surface area (Å²) in [6.45, 7) is 5.44. The summed E-state index contributed by atoms with van der Waals surface area (Å²) in [7, 11) is 0. The lowest BCUT2D eigenvalue weighted by Crippen LogP contribution is -2.19. The molecule has 0 aliphatic heterocycles. The lowest BCUT2D eigenvalue weighted by molar-refractivity contribution is 0.572. The highest BCUT2D eigenvalue weighted by Gasteiger charge is 2.10. The van der Waals surface area contributed by atoms with Crippen LogP contribution >= 0.6 is 11.6 Å². The van der Waals surface area contributed by atoms with Crippen molar-refractivity contribution in [3.8, 4) is 11.1 Å². The first kappa shape index (κ1) is 14.1. The van der Waals surface area contributed by atoms with E-state index in [1.54, 1.807) is 0 Å². The van der Waals surface area contributed by atoms with E-state index in [9.17, 15) is 0 Å². The maximum Gasteiger partial charge on any atom is 0.0406 e. The van der Waals surface area contributed by atoms with Crippen molar-refractivity contribution in [1.29, 1.82) is 0 Å². The molecule has 1 atom stereocenters. The van der Waals surface area contributed by atoms with Crippen LogP contribution < -0.4 is 5.32 Å². The Hall–Kier alpha value is -1.31. The van der Waals surface area contributed by atoms with Crippen molar-refractivity contribution in [1.82, 2.24) is 5.32 Å². The van der Waals surface area contributed by atoms with E-state index in [1.807, 2.05) is 12.1 Å². The molecule has 0 aromatic heterocycles. The molecular formula is C17H20ClN. The first-order valence-electron chi connectivity index (χ1n) is 6.80. The second-order valence-electron chi connectivity index (χ2n) is 4.77. The molecule has 0 saturated carbocycles. The molecule has 1 unspecified atom stereocenters. The van der Waals surface area contributed by atoms with Gasteiger partial charge < -0.3 is 5.32 Å². The summed E-state index contributed by atoms with van der Waals surface area (Å²) in [4.78, 5) is 0. The highest BCUT2D eigenvalue weighted by Crippen LogP contribution is 2.28. The van der Waals surface area contributed by atoms with Gasteiger partial charge in [0.05, 0.1) is 0 Å². The zero-order valence-electron chi connectivity index (χ0n) is 11.5. The molecule has 0 bridgehead atoms. The number of benzene rings is 2. The van der Waals surface area contributed by atoms with Crippen LogP contribution in [0, 0.1) is 0 Å². The summed E-state index contributed by atoms with van der Waals surface area (Å²) in [5.41, 5.74) is 3.82. The van der Waals surface area contributed by atoms with E-state index in [1.165, 1.54) is 16.7 Å². The highest BCUT2D eigenvalue weighted by molar-refractivity contribution is 6.30. The third kappa shape index (κ3) is 3.59. The van der Waals surface area contributed by atoms with Gasteiger partial charge in [0.2, 0.25) is 0 Å². The van der Waals surface area contributed by atoms with Crippen LogP contribution in [0.5, 0.6) is 0 Å². The molecule has 0 saturated heterocycles. The van der Waals surface area contributed by atoms with E-state index in [2.05, 4.69) is 55.6 Å². The Morgan fingerprint density at radius 1 is 1.05 bits per heavy atom. The Bertz CT molecular complexity index is 519. The predicted molar refractivity (Wildman–Crippen MR) is 83.6 cm³/mol. The van der Waals surface area contributed by atoms with Crippen LogP contribution in [0.4, 0.5) is 0 Å². The van der Waals surface area contributed by atoms with Crippen molar-refractivity contribution in [2.75, 3.05) is 6.54 Å². The smallest absolute Gasteiger partial charge is 0.0406 e. The van der Waals surface area contributed by atoms with Gasteiger partial charge in [-0.3, -0.25) is 0 Å². The topological polar surface area (TPSA) is 12.0 Å². The third-order valence-electron chi connectivity index (χ3n) is 3.28. The Morgan fingerprint density at radius 3 is 2.42 bits per heavy atom. The molecule has 0 heterocycles. The lowest BCUT2D eigenvalue weighted by Gasteiger charge is -2.18. The molecule has 0 aliphatic rings. The largest absolute Gasteiger partial charge is 0.310 e. The molecule has 0 aliphatic carbocycles.